The summed E-state index contributed by atoms with van der Waals surface area (Å²) in [5, 5.41) is 3.20. The number of nitrogens with zero attached hydrogens (tertiary/aromatic N) is 1. The minimum absolute atomic E-state index is 0.0309. The van der Waals surface area contributed by atoms with Crippen molar-refractivity contribution in [2.45, 2.75) is 48.8 Å². The van der Waals surface area contributed by atoms with Crippen LogP contribution in [0.3, 0.4) is 0 Å². The molecule has 0 spiro atoms. The number of nitrogens with one attached hydrogen (secondary N) is 1. The van der Waals surface area contributed by atoms with Crippen molar-refractivity contribution in [1.82, 2.24) is 5.32 Å². The SMILES string of the molecule is CC(C)(C)NC(N)=NCC1(Sc2ccccc2)CC1. The van der Waals surface area contributed by atoms with E-state index in [4.69, 9.17) is 5.73 Å². The van der Waals surface area contributed by atoms with E-state index in [9.17, 15) is 0 Å². The second-order valence-electron chi connectivity index (χ2n) is 6.17. The maximum atomic E-state index is 5.92. The predicted molar refractivity (Wildman–Crippen MR) is 83.6 cm³/mol. The topological polar surface area (TPSA) is 50.4 Å². The van der Waals surface area contributed by atoms with Crippen LogP contribution >= 0.6 is 11.8 Å². The third-order valence-corrected chi connectivity index (χ3v) is 4.40. The van der Waals surface area contributed by atoms with Gasteiger partial charge in [0.25, 0.3) is 0 Å². The number of benzene rings is 1. The molecule has 2 rings (SSSR count). The number of hydrogen-bond acceptors (Lipinski definition) is 2. The minimum Gasteiger partial charge on any atom is -0.370 e. The van der Waals surface area contributed by atoms with Gasteiger partial charge in [-0.1, -0.05) is 18.2 Å². The first-order valence-corrected chi connectivity index (χ1v) is 7.52. The van der Waals surface area contributed by atoms with E-state index in [-0.39, 0.29) is 10.3 Å². The largest absolute Gasteiger partial charge is 0.370 e. The van der Waals surface area contributed by atoms with Gasteiger partial charge in [0.2, 0.25) is 0 Å². The van der Waals surface area contributed by atoms with Crippen molar-refractivity contribution in [1.29, 1.82) is 0 Å². The van der Waals surface area contributed by atoms with E-state index >= 15 is 0 Å². The number of aliphatic imine (C=N–C) groups is 1. The smallest absolute Gasteiger partial charge is 0.189 e. The van der Waals surface area contributed by atoms with E-state index in [0.717, 1.165) is 6.54 Å². The summed E-state index contributed by atoms with van der Waals surface area (Å²) in [5.41, 5.74) is 5.89. The third kappa shape index (κ3) is 4.78. The van der Waals surface area contributed by atoms with Crippen LogP contribution in [0.1, 0.15) is 33.6 Å². The van der Waals surface area contributed by atoms with Crippen molar-refractivity contribution in [2.24, 2.45) is 10.7 Å². The van der Waals surface area contributed by atoms with Crippen molar-refractivity contribution in [3.63, 3.8) is 0 Å². The molecule has 0 heterocycles. The monoisotopic (exact) mass is 277 g/mol. The Balaban J connectivity index is 1.90. The molecule has 0 amide bonds. The zero-order valence-electron chi connectivity index (χ0n) is 11.9. The maximum Gasteiger partial charge on any atom is 0.189 e. The molecule has 19 heavy (non-hydrogen) atoms. The molecule has 1 aliphatic carbocycles. The number of thioether (sulfide) groups is 1. The van der Waals surface area contributed by atoms with E-state index in [1.54, 1.807) is 0 Å². The summed E-state index contributed by atoms with van der Waals surface area (Å²) in [7, 11) is 0. The molecule has 104 valence electrons. The lowest BCUT2D eigenvalue weighted by Crippen LogP contribution is -2.45. The van der Waals surface area contributed by atoms with Gasteiger partial charge in [-0.25, -0.2) is 0 Å². The van der Waals surface area contributed by atoms with Crippen LogP contribution in [0.2, 0.25) is 0 Å². The van der Waals surface area contributed by atoms with Crippen LogP contribution in [0.5, 0.6) is 0 Å². The normalized spacial score (nSPS) is 18.2. The van der Waals surface area contributed by atoms with E-state index in [0.29, 0.717) is 5.96 Å². The van der Waals surface area contributed by atoms with Crippen LogP contribution in [0.25, 0.3) is 0 Å². The lowest BCUT2D eigenvalue weighted by molar-refractivity contribution is 0.508. The number of rotatable bonds is 4. The Bertz CT molecular complexity index is 444. The molecule has 1 aromatic carbocycles. The molecule has 1 fully saturated rings. The van der Waals surface area contributed by atoms with Crippen molar-refractivity contribution >= 4 is 17.7 Å². The Labute approximate surface area is 120 Å². The molecule has 0 bridgehead atoms. The van der Waals surface area contributed by atoms with Crippen LogP contribution in [0.15, 0.2) is 40.2 Å². The fourth-order valence-corrected chi connectivity index (χ4v) is 3.05. The molecule has 1 aromatic rings. The fraction of sp³-hybridized carbons (Fsp3) is 0.533. The number of hydrogen-bond donors (Lipinski definition) is 2. The highest BCUT2D eigenvalue weighted by Crippen LogP contribution is 2.51. The zero-order valence-corrected chi connectivity index (χ0v) is 12.8. The molecule has 1 saturated carbocycles. The van der Waals surface area contributed by atoms with Gasteiger partial charge in [0.05, 0.1) is 6.54 Å². The maximum absolute atomic E-state index is 5.92. The van der Waals surface area contributed by atoms with Crippen LogP contribution in [-0.4, -0.2) is 22.8 Å². The first-order valence-electron chi connectivity index (χ1n) is 6.71. The van der Waals surface area contributed by atoms with E-state index < -0.39 is 0 Å². The quantitative estimate of drug-likeness (QED) is 0.657. The zero-order chi connectivity index (χ0) is 13.9. The van der Waals surface area contributed by atoms with Gasteiger partial charge < -0.3 is 11.1 Å². The highest BCUT2D eigenvalue weighted by Gasteiger charge is 2.43. The van der Waals surface area contributed by atoms with Crippen molar-refractivity contribution in [2.75, 3.05) is 6.54 Å². The van der Waals surface area contributed by atoms with E-state index in [1.165, 1.54) is 17.7 Å². The van der Waals surface area contributed by atoms with Crippen molar-refractivity contribution < 1.29 is 0 Å². The Kier molecular flexibility index (Phi) is 4.09. The van der Waals surface area contributed by atoms with Crippen molar-refractivity contribution in [3.05, 3.63) is 30.3 Å². The lowest BCUT2D eigenvalue weighted by atomic mass is 10.1. The summed E-state index contributed by atoms with van der Waals surface area (Å²) in [6, 6.07) is 10.5. The van der Waals surface area contributed by atoms with Crippen LogP contribution in [-0.2, 0) is 0 Å². The minimum atomic E-state index is -0.0309. The highest BCUT2D eigenvalue weighted by molar-refractivity contribution is 8.01. The van der Waals surface area contributed by atoms with Gasteiger partial charge in [-0.3, -0.25) is 4.99 Å². The van der Waals surface area contributed by atoms with E-state index in [1.807, 2.05) is 17.8 Å². The fourth-order valence-electron chi connectivity index (χ4n) is 1.82. The Morgan fingerprint density at radius 2 is 1.95 bits per heavy atom. The molecular formula is C15H23N3S. The second-order valence-corrected chi connectivity index (χ2v) is 7.72. The molecule has 0 aliphatic heterocycles. The molecule has 1 aliphatic rings. The number of nitrogens with two attached hydrogens (primary N) is 1. The van der Waals surface area contributed by atoms with Crippen molar-refractivity contribution in [3.8, 4) is 0 Å². The summed E-state index contributed by atoms with van der Waals surface area (Å²) >= 11 is 1.93. The summed E-state index contributed by atoms with van der Waals surface area (Å²) in [5.74, 6) is 0.549. The number of guanidine groups is 1. The third-order valence-electron chi connectivity index (χ3n) is 2.93. The van der Waals surface area contributed by atoms with Gasteiger partial charge >= 0.3 is 0 Å². The summed E-state index contributed by atoms with van der Waals surface area (Å²) in [6.45, 7) is 7.05. The molecular weight excluding hydrogens is 254 g/mol. The van der Waals surface area contributed by atoms with Gasteiger partial charge in [-0.2, -0.15) is 0 Å². The molecule has 4 heteroatoms. The van der Waals surface area contributed by atoms with Gasteiger partial charge in [0, 0.05) is 15.2 Å². The molecule has 0 atom stereocenters. The summed E-state index contributed by atoms with van der Waals surface area (Å²) in [4.78, 5) is 5.82. The van der Waals surface area contributed by atoms with Gasteiger partial charge in [0.15, 0.2) is 5.96 Å². The first kappa shape index (κ1) is 14.3. The standard InChI is InChI=1S/C15H23N3S/c1-14(2,3)18-13(16)17-11-15(9-10-15)19-12-7-5-4-6-8-12/h4-8H,9-11H2,1-3H3,(H3,16,17,18). The van der Waals surface area contributed by atoms with Gasteiger partial charge in [-0.15, -0.1) is 11.8 Å². The lowest BCUT2D eigenvalue weighted by Gasteiger charge is -2.21. The summed E-state index contributed by atoms with van der Waals surface area (Å²) in [6.07, 6.45) is 2.44. The van der Waals surface area contributed by atoms with E-state index in [2.05, 4.69) is 55.3 Å². The molecule has 0 saturated heterocycles. The Morgan fingerprint density at radius 1 is 1.32 bits per heavy atom. The molecule has 3 N–H and O–H groups in total. The first-order chi connectivity index (χ1) is 8.89. The van der Waals surface area contributed by atoms with Crippen LogP contribution < -0.4 is 11.1 Å². The average Bonchev–Trinajstić information content (AvgIpc) is 3.06. The van der Waals surface area contributed by atoms with Gasteiger partial charge in [0.1, 0.15) is 0 Å². The predicted octanol–water partition coefficient (Wildman–Crippen LogP) is 3.01. The van der Waals surface area contributed by atoms with Crippen LogP contribution in [0.4, 0.5) is 0 Å². The molecule has 0 unspecified atom stereocenters. The highest BCUT2D eigenvalue weighted by atomic mass is 32.2. The molecule has 0 radical (unpaired) electrons. The summed E-state index contributed by atoms with van der Waals surface area (Å²) < 4.78 is 0.269. The molecule has 0 aromatic heterocycles. The Hall–Kier alpha value is -1.16. The van der Waals surface area contributed by atoms with Crippen LogP contribution in [0, 0.1) is 0 Å². The average molecular weight is 277 g/mol. The van der Waals surface area contributed by atoms with Gasteiger partial charge in [-0.05, 0) is 45.7 Å². The second kappa shape index (κ2) is 5.45. The molecule has 3 nitrogen and oxygen atoms in total. The Morgan fingerprint density at radius 3 is 2.47 bits per heavy atom.